The molecule has 1 aliphatic rings. The Morgan fingerprint density at radius 1 is 1.19 bits per heavy atom. The molecule has 0 fully saturated rings. The van der Waals surface area contributed by atoms with E-state index >= 15 is 0 Å². The van der Waals surface area contributed by atoms with Crippen molar-refractivity contribution in [1.29, 1.82) is 0 Å². The van der Waals surface area contributed by atoms with Crippen LogP contribution in [0.4, 0.5) is 18.3 Å². The number of fused-ring (bicyclic) bond motifs is 1. The Hall–Kier alpha value is -2.87. The number of rotatable bonds is 3. The van der Waals surface area contributed by atoms with E-state index in [9.17, 15) is 18.0 Å². The summed E-state index contributed by atoms with van der Waals surface area (Å²) in [6, 6.07) is 10.4. The lowest BCUT2D eigenvalue weighted by Crippen LogP contribution is -2.18. The highest BCUT2D eigenvalue weighted by molar-refractivity contribution is 7.14. The van der Waals surface area contributed by atoms with Gasteiger partial charge in [0.1, 0.15) is 5.75 Å². The summed E-state index contributed by atoms with van der Waals surface area (Å²) in [5.41, 5.74) is 1.19. The topological polar surface area (TPSA) is 51.2 Å². The molecule has 0 unspecified atom stereocenters. The summed E-state index contributed by atoms with van der Waals surface area (Å²) in [4.78, 5) is 16.6. The van der Waals surface area contributed by atoms with E-state index in [1.165, 1.54) is 12.1 Å². The van der Waals surface area contributed by atoms with Crippen LogP contribution in [0, 0.1) is 0 Å². The second kappa shape index (κ2) is 6.70. The molecule has 0 radical (unpaired) electrons. The van der Waals surface area contributed by atoms with Crippen LogP contribution < -0.4 is 10.1 Å². The molecule has 2 heterocycles. The van der Waals surface area contributed by atoms with Crippen molar-refractivity contribution < 1.29 is 22.7 Å². The van der Waals surface area contributed by atoms with Crippen LogP contribution in [-0.2, 0) is 12.6 Å². The summed E-state index contributed by atoms with van der Waals surface area (Å²) in [7, 11) is 0. The highest BCUT2D eigenvalue weighted by Crippen LogP contribution is 2.34. The third-order valence-electron chi connectivity index (χ3n) is 4.19. The molecule has 1 amide bonds. The lowest BCUT2D eigenvalue weighted by atomic mass is 10.1. The van der Waals surface area contributed by atoms with E-state index in [0.29, 0.717) is 12.3 Å². The predicted molar refractivity (Wildman–Crippen MR) is 96.1 cm³/mol. The molecule has 1 aromatic heterocycles. The monoisotopic (exact) mass is 390 g/mol. The number of thiazole rings is 1. The Morgan fingerprint density at radius 2 is 2.00 bits per heavy atom. The number of nitrogens with zero attached hydrogens (tertiary/aromatic N) is 1. The quantitative estimate of drug-likeness (QED) is 0.684. The normalized spacial score (nSPS) is 13.1. The van der Waals surface area contributed by atoms with Gasteiger partial charge in [0.2, 0.25) is 0 Å². The molecule has 0 bridgehead atoms. The minimum atomic E-state index is -4.60. The van der Waals surface area contributed by atoms with Crippen LogP contribution in [0.15, 0.2) is 47.8 Å². The summed E-state index contributed by atoms with van der Waals surface area (Å²) in [6.07, 6.45) is -3.78. The van der Waals surface area contributed by atoms with Gasteiger partial charge in [-0.15, -0.1) is 11.3 Å². The number of anilines is 1. The Bertz CT molecular complexity index is 1010. The lowest BCUT2D eigenvalue weighted by Gasteiger charge is -2.11. The van der Waals surface area contributed by atoms with Crippen LogP contribution in [0.3, 0.4) is 0 Å². The third kappa shape index (κ3) is 3.52. The van der Waals surface area contributed by atoms with Gasteiger partial charge in [-0.25, -0.2) is 4.98 Å². The van der Waals surface area contributed by atoms with Crippen molar-refractivity contribution in [3.63, 3.8) is 0 Å². The van der Waals surface area contributed by atoms with E-state index in [2.05, 4.69) is 10.3 Å². The molecule has 2 aromatic carbocycles. The Morgan fingerprint density at radius 3 is 2.81 bits per heavy atom. The molecule has 1 N–H and O–H groups in total. The number of ether oxygens (including phenoxy) is 1. The maximum Gasteiger partial charge on any atom is 0.417 e. The van der Waals surface area contributed by atoms with Crippen LogP contribution in [0.5, 0.6) is 5.75 Å². The SMILES string of the molecule is O=C(Nc1nc(-c2ccc3c(c2)CCO3)cs1)c1ccccc1C(F)(F)F. The minimum Gasteiger partial charge on any atom is -0.493 e. The minimum absolute atomic E-state index is 0.240. The number of aromatic nitrogens is 1. The molecule has 0 atom stereocenters. The van der Waals surface area contributed by atoms with Crippen LogP contribution in [0.25, 0.3) is 11.3 Å². The van der Waals surface area contributed by atoms with Crippen molar-refractivity contribution in [2.45, 2.75) is 12.6 Å². The average Bonchev–Trinajstić information content (AvgIpc) is 3.29. The van der Waals surface area contributed by atoms with Crippen molar-refractivity contribution in [1.82, 2.24) is 4.98 Å². The van der Waals surface area contributed by atoms with E-state index < -0.39 is 23.2 Å². The van der Waals surface area contributed by atoms with Gasteiger partial charge in [-0.3, -0.25) is 10.1 Å². The first-order valence-electron chi connectivity index (χ1n) is 8.11. The van der Waals surface area contributed by atoms with Gasteiger partial charge < -0.3 is 4.74 Å². The Kier molecular flexibility index (Phi) is 4.35. The van der Waals surface area contributed by atoms with Gasteiger partial charge in [0, 0.05) is 17.4 Å². The third-order valence-corrected chi connectivity index (χ3v) is 4.94. The first-order valence-corrected chi connectivity index (χ1v) is 8.99. The molecule has 0 saturated heterocycles. The second-order valence-corrected chi connectivity index (χ2v) is 6.81. The lowest BCUT2D eigenvalue weighted by molar-refractivity contribution is -0.137. The van der Waals surface area contributed by atoms with Gasteiger partial charge in [0.05, 0.1) is 23.4 Å². The van der Waals surface area contributed by atoms with Crippen LogP contribution >= 0.6 is 11.3 Å². The maximum atomic E-state index is 13.1. The standard InChI is InChI=1S/C19H13F3N2O2S/c20-19(21,22)14-4-2-1-3-13(14)17(25)24-18-23-15(10-27-18)11-5-6-16-12(9-11)7-8-26-16/h1-6,9-10H,7-8H2,(H,23,24,25). The number of nitrogens with one attached hydrogen (secondary N) is 1. The second-order valence-electron chi connectivity index (χ2n) is 5.96. The summed E-state index contributed by atoms with van der Waals surface area (Å²) in [5.74, 6) is 0.0115. The maximum absolute atomic E-state index is 13.1. The predicted octanol–water partition coefficient (Wildman–Crippen LogP) is 5.02. The molecule has 27 heavy (non-hydrogen) atoms. The number of amides is 1. The average molecular weight is 390 g/mol. The number of alkyl halides is 3. The summed E-state index contributed by atoms with van der Waals surface area (Å²) < 4.78 is 44.7. The molecular weight excluding hydrogens is 377 g/mol. The summed E-state index contributed by atoms with van der Waals surface area (Å²) >= 11 is 1.16. The van der Waals surface area contributed by atoms with Crippen molar-refractivity contribution >= 4 is 22.4 Å². The number of carbonyl (C=O) groups is 1. The number of halogens is 3. The largest absolute Gasteiger partial charge is 0.493 e. The van der Waals surface area contributed by atoms with Gasteiger partial charge in [0.25, 0.3) is 5.91 Å². The van der Waals surface area contributed by atoms with Crippen LogP contribution in [0.1, 0.15) is 21.5 Å². The zero-order chi connectivity index (χ0) is 19.0. The summed E-state index contributed by atoms with van der Waals surface area (Å²) in [6.45, 7) is 0.649. The number of carbonyl (C=O) groups excluding carboxylic acids is 1. The first kappa shape index (κ1) is 17.5. The van der Waals surface area contributed by atoms with Gasteiger partial charge in [-0.2, -0.15) is 13.2 Å². The van der Waals surface area contributed by atoms with Gasteiger partial charge in [-0.1, -0.05) is 12.1 Å². The number of hydrogen-bond donors (Lipinski definition) is 1. The highest BCUT2D eigenvalue weighted by atomic mass is 32.1. The molecule has 4 nitrogen and oxygen atoms in total. The number of hydrogen-bond acceptors (Lipinski definition) is 4. The van der Waals surface area contributed by atoms with Crippen molar-refractivity contribution in [3.8, 4) is 17.0 Å². The summed E-state index contributed by atoms with van der Waals surface area (Å²) in [5, 5.41) is 4.45. The Labute approximate surface area is 156 Å². The van der Waals surface area contributed by atoms with E-state index in [4.69, 9.17) is 4.74 Å². The molecule has 4 rings (SSSR count). The van der Waals surface area contributed by atoms with E-state index in [1.807, 2.05) is 18.2 Å². The van der Waals surface area contributed by atoms with Gasteiger partial charge in [0.15, 0.2) is 5.13 Å². The fraction of sp³-hybridized carbons (Fsp3) is 0.158. The fourth-order valence-electron chi connectivity index (χ4n) is 2.90. The molecular formula is C19H13F3N2O2S. The molecule has 1 aliphatic heterocycles. The van der Waals surface area contributed by atoms with E-state index in [1.54, 1.807) is 5.38 Å². The Balaban J connectivity index is 1.56. The number of benzene rings is 2. The molecule has 138 valence electrons. The molecule has 0 spiro atoms. The van der Waals surface area contributed by atoms with Crippen molar-refractivity contribution in [2.75, 3.05) is 11.9 Å². The zero-order valence-electron chi connectivity index (χ0n) is 13.8. The van der Waals surface area contributed by atoms with Crippen LogP contribution in [-0.4, -0.2) is 17.5 Å². The molecule has 3 aromatic rings. The first-order chi connectivity index (χ1) is 12.9. The van der Waals surface area contributed by atoms with Crippen molar-refractivity contribution in [2.24, 2.45) is 0 Å². The molecule has 0 aliphatic carbocycles. The van der Waals surface area contributed by atoms with E-state index in [-0.39, 0.29) is 5.13 Å². The molecule has 0 saturated carbocycles. The smallest absolute Gasteiger partial charge is 0.417 e. The highest BCUT2D eigenvalue weighted by Gasteiger charge is 2.35. The van der Waals surface area contributed by atoms with Gasteiger partial charge >= 0.3 is 6.18 Å². The van der Waals surface area contributed by atoms with Crippen molar-refractivity contribution in [3.05, 3.63) is 64.5 Å². The van der Waals surface area contributed by atoms with E-state index in [0.717, 1.165) is 46.8 Å². The van der Waals surface area contributed by atoms with Crippen LogP contribution in [0.2, 0.25) is 0 Å². The zero-order valence-corrected chi connectivity index (χ0v) is 14.7. The van der Waals surface area contributed by atoms with Gasteiger partial charge in [-0.05, 0) is 35.9 Å². The fourth-order valence-corrected chi connectivity index (χ4v) is 3.62. The molecule has 8 heteroatoms.